The predicted octanol–water partition coefficient (Wildman–Crippen LogP) is 3.18. The van der Waals surface area contributed by atoms with Gasteiger partial charge in [0.25, 0.3) is 0 Å². The van der Waals surface area contributed by atoms with E-state index in [-0.39, 0.29) is 0 Å². The van der Waals surface area contributed by atoms with Crippen molar-refractivity contribution in [3.63, 3.8) is 0 Å². The third-order valence-corrected chi connectivity index (χ3v) is 4.92. The number of hydrogen-bond donors (Lipinski definition) is 1. The van der Waals surface area contributed by atoms with Gasteiger partial charge in [0.2, 0.25) is 0 Å². The summed E-state index contributed by atoms with van der Waals surface area (Å²) in [6.45, 7) is 5.17. The molecule has 3 rings (SSSR count). The van der Waals surface area contributed by atoms with E-state index < -0.39 is 0 Å². The number of piperidine rings is 1. The Labute approximate surface area is 127 Å². The number of hydrogen-bond acceptors (Lipinski definition) is 3. The molecule has 1 fully saturated rings. The van der Waals surface area contributed by atoms with Crippen LogP contribution in [0.5, 0.6) is 0 Å². The molecule has 3 nitrogen and oxygen atoms in total. The van der Waals surface area contributed by atoms with Crippen molar-refractivity contribution < 1.29 is 0 Å². The van der Waals surface area contributed by atoms with Gasteiger partial charge in [-0.2, -0.15) is 0 Å². The molecule has 1 aliphatic heterocycles. The smallest absolute Gasteiger partial charge is 0.0346 e. The number of nitrogens with two attached hydrogens (primary N) is 1. The summed E-state index contributed by atoms with van der Waals surface area (Å²) in [5.74, 6) is 0.848. The number of rotatable bonds is 4. The lowest BCUT2D eigenvalue weighted by atomic mass is 9.88. The van der Waals surface area contributed by atoms with E-state index in [1.807, 2.05) is 12.4 Å². The third-order valence-electron chi connectivity index (χ3n) is 4.92. The zero-order valence-electron chi connectivity index (χ0n) is 12.8. The minimum Gasteiger partial charge on any atom is -0.329 e. The topological polar surface area (TPSA) is 42.2 Å². The van der Waals surface area contributed by atoms with Gasteiger partial charge in [0, 0.05) is 36.9 Å². The van der Waals surface area contributed by atoms with Crippen molar-refractivity contribution >= 4 is 10.8 Å². The lowest BCUT2D eigenvalue weighted by Gasteiger charge is -2.39. The molecule has 0 radical (unpaired) electrons. The highest BCUT2D eigenvalue weighted by Gasteiger charge is 2.26. The summed E-state index contributed by atoms with van der Waals surface area (Å²) in [5.41, 5.74) is 7.34. The number of fused-ring (bicyclic) bond motifs is 1. The van der Waals surface area contributed by atoms with Crippen LogP contribution in [0.4, 0.5) is 0 Å². The van der Waals surface area contributed by atoms with Gasteiger partial charge < -0.3 is 5.73 Å². The minimum atomic E-state index is 0.516. The van der Waals surface area contributed by atoms with Gasteiger partial charge in [0.05, 0.1) is 0 Å². The monoisotopic (exact) mass is 283 g/mol. The van der Waals surface area contributed by atoms with Crippen molar-refractivity contribution in [2.45, 2.75) is 38.8 Å². The zero-order chi connectivity index (χ0) is 14.7. The van der Waals surface area contributed by atoms with Crippen molar-refractivity contribution in [1.82, 2.24) is 9.88 Å². The molecule has 1 saturated heterocycles. The van der Waals surface area contributed by atoms with Crippen molar-refractivity contribution in [3.05, 3.63) is 42.2 Å². The van der Waals surface area contributed by atoms with Gasteiger partial charge >= 0.3 is 0 Å². The van der Waals surface area contributed by atoms with Crippen LogP contribution >= 0.6 is 0 Å². The van der Waals surface area contributed by atoms with Gasteiger partial charge in [-0.15, -0.1) is 0 Å². The Hall–Kier alpha value is -1.45. The van der Waals surface area contributed by atoms with Gasteiger partial charge in [-0.05, 0) is 36.3 Å². The lowest BCUT2D eigenvalue weighted by molar-refractivity contribution is 0.108. The second-order valence-corrected chi connectivity index (χ2v) is 6.18. The molecule has 1 aromatic heterocycles. The van der Waals surface area contributed by atoms with Crippen LogP contribution < -0.4 is 5.73 Å². The molecule has 112 valence electrons. The number of benzene rings is 1. The molecular formula is C18H25N3. The standard InChI is InChI=1S/C18H25N3/c1-2-14-7-8-21(17(9-14)10-19)13-16-12-20-11-15-5-3-4-6-18(15)16/h3-6,11-12,14,17H,2,7-10,13,19H2,1H3. The first-order valence-corrected chi connectivity index (χ1v) is 8.07. The summed E-state index contributed by atoms with van der Waals surface area (Å²) in [7, 11) is 0. The summed E-state index contributed by atoms with van der Waals surface area (Å²) in [5, 5.41) is 2.55. The predicted molar refractivity (Wildman–Crippen MR) is 88.0 cm³/mol. The van der Waals surface area contributed by atoms with Gasteiger partial charge in [-0.25, -0.2) is 0 Å². The largest absolute Gasteiger partial charge is 0.329 e. The van der Waals surface area contributed by atoms with E-state index in [0.29, 0.717) is 6.04 Å². The van der Waals surface area contributed by atoms with Crippen LogP contribution in [0, 0.1) is 5.92 Å². The highest BCUT2D eigenvalue weighted by atomic mass is 15.2. The average Bonchev–Trinajstić information content (AvgIpc) is 2.55. The van der Waals surface area contributed by atoms with Crippen LogP contribution in [-0.4, -0.2) is 29.0 Å². The molecule has 2 aromatic rings. The molecule has 0 bridgehead atoms. The Bertz CT molecular complexity index is 591. The van der Waals surface area contributed by atoms with E-state index in [0.717, 1.165) is 25.6 Å². The summed E-state index contributed by atoms with van der Waals surface area (Å²) < 4.78 is 0. The van der Waals surface area contributed by atoms with Crippen LogP contribution in [0.15, 0.2) is 36.7 Å². The molecule has 0 amide bonds. The normalized spacial score (nSPS) is 23.5. The first-order valence-electron chi connectivity index (χ1n) is 8.07. The van der Waals surface area contributed by atoms with Gasteiger partial charge in [-0.1, -0.05) is 37.6 Å². The Morgan fingerprint density at radius 3 is 2.95 bits per heavy atom. The lowest BCUT2D eigenvalue weighted by Crippen LogP contribution is -2.46. The van der Waals surface area contributed by atoms with E-state index >= 15 is 0 Å². The molecule has 0 spiro atoms. The Balaban J connectivity index is 1.81. The maximum absolute atomic E-state index is 6.02. The summed E-state index contributed by atoms with van der Waals surface area (Å²) in [4.78, 5) is 6.95. The Morgan fingerprint density at radius 2 is 2.14 bits per heavy atom. The molecule has 0 aliphatic carbocycles. The fourth-order valence-electron chi connectivity index (χ4n) is 3.53. The highest BCUT2D eigenvalue weighted by Crippen LogP contribution is 2.27. The van der Waals surface area contributed by atoms with Crippen molar-refractivity contribution in [2.75, 3.05) is 13.1 Å². The highest BCUT2D eigenvalue weighted by molar-refractivity contribution is 5.84. The van der Waals surface area contributed by atoms with Gasteiger partial charge in [0.1, 0.15) is 0 Å². The van der Waals surface area contributed by atoms with Gasteiger partial charge in [0.15, 0.2) is 0 Å². The van der Waals surface area contributed by atoms with Crippen molar-refractivity contribution in [3.8, 4) is 0 Å². The van der Waals surface area contributed by atoms with Crippen LogP contribution in [0.2, 0.25) is 0 Å². The molecule has 2 atom stereocenters. The minimum absolute atomic E-state index is 0.516. The average molecular weight is 283 g/mol. The third kappa shape index (κ3) is 3.09. The molecule has 2 heterocycles. The first kappa shape index (κ1) is 14.5. The number of aromatic nitrogens is 1. The van der Waals surface area contributed by atoms with Crippen LogP contribution in [0.3, 0.4) is 0 Å². The maximum Gasteiger partial charge on any atom is 0.0346 e. The summed E-state index contributed by atoms with van der Waals surface area (Å²) >= 11 is 0. The van der Waals surface area contributed by atoms with E-state index in [1.165, 1.54) is 35.6 Å². The van der Waals surface area contributed by atoms with Crippen molar-refractivity contribution in [1.29, 1.82) is 0 Å². The maximum atomic E-state index is 6.02. The molecule has 1 aromatic carbocycles. The van der Waals surface area contributed by atoms with E-state index in [9.17, 15) is 0 Å². The first-order chi connectivity index (χ1) is 10.3. The van der Waals surface area contributed by atoms with Crippen LogP contribution in [0.1, 0.15) is 31.7 Å². The molecule has 2 unspecified atom stereocenters. The SMILES string of the molecule is CCC1CCN(Cc2cncc3ccccc23)C(CN)C1. The zero-order valence-corrected chi connectivity index (χ0v) is 12.8. The van der Waals surface area contributed by atoms with E-state index in [2.05, 4.69) is 41.1 Å². The fraction of sp³-hybridized carbons (Fsp3) is 0.500. The Morgan fingerprint density at radius 1 is 1.29 bits per heavy atom. The number of likely N-dealkylation sites (tertiary alicyclic amines) is 1. The second kappa shape index (κ2) is 6.54. The van der Waals surface area contributed by atoms with E-state index in [4.69, 9.17) is 5.73 Å². The summed E-state index contributed by atoms with van der Waals surface area (Å²) in [6, 6.07) is 9.03. The van der Waals surface area contributed by atoms with Crippen LogP contribution in [-0.2, 0) is 6.54 Å². The number of pyridine rings is 1. The molecule has 3 heteroatoms. The van der Waals surface area contributed by atoms with Crippen LogP contribution in [0.25, 0.3) is 10.8 Å². The quantitative estimate of drug-likeness (QED) is 0.937. The Kier molecular flexibility index (Phi) is 4.51. The van der Waals surface area contributed by atoms with E-state index in [1.54, 1.807) is 0 Å². The summed E-state index contributed by atoms with van der Waals surface area (Å²) in [6.07, 6.45) is 7.78. The molecular weight excluding hydrogens is 258 g/mol. The number of nitrogens with zero attached hydrogens (tertiary/aromatic N) is 2. The molecule has 1 aliphatic rings. The fourth-order valence-corrected chi connectivity index (χ4v) is 3.53. The molecule has 2 N–H and O–H groups in total. The van der Waals surface area contributed by atoms with Crippen molar-refractivity contribution in [2.24, 2.45) is 11.7 Å². The second-order valence-electron chi connectivity index (χ2n) is 6.18. The molecule has 0 saturated carbocycles. The van der Waals surface area contributed by atoms with Gasteiger partial charge in [-0.3, -0.25) is 9.88 Å². The molecule has 21 heavy (non-hydrogen) atoms.